The van der Waals surface area contributed by atoms with E-state index in [0.29, 0.717) is 60.8 Å². The number of rotatable bonds is 8. The number of halogens is 2. The zero-order valence-corrected chi connectivity index (χ0v) is 33.1. The third-order valence-corrected chi connectivity index (χ3v) is 10.7. The molecule has 0 spiro atoms. The Hall–Kier alpha value is -5.40. The fourth-order valence-corrected chi connectivity index (χ4v) is 7.54. The zero-order valence-electron chi connectivity index (χ0n) is 31.5. The minimum atomic E-state index is -0.945. The molecule has 0 aliphatic carbocycles. The van der Waals surface area contributed by atoms with Gasteiger partial charge in [-0.25, -0.2) is 0 Å². The van der Waals surface area contributed by atoms with E-state index in [1.54, 1.807) is 54.9 Å². The highest BCUT2D eigenvalue weighted by molar-refractivity contribution is 6.35. The van der Waals surface area contributed by atoms with Gasteiger partial charge in [0.1, 0.15) is 35.6 Å². The number of benzene rings is 3. The van der Waals surface area contributed by atoms with Crippen LogP contribution in [0.4, 0.5) is 11.4 Å². The number of phenols is 1. The summed E-state index contributed by atoms with van der Waals surface area (Å²) in [5.74, 6) is 0.0410. The number of carbonyl (C=O) groups excluding carboxylic acids is 2. The van der Waals surface area contributed by atoms with E-state index < -0.39 is 5.79 Å². The average Bonchev–Trinajstić information content (AvgIpc) is 3.65. The van der Waals surface area contributed by atoms with E-state index in [0.717, 1.165) is 48.9 Å². The van der Waals surface area contributed by atoms with Crippen molar-refractivity contribution in [2.75, 3.05) is 75.4 Å². The minimum absolute atomic E-state index is 0.0130. The van der Waals surface area contributed by atoms with Crippen molar-refractivity contribution in [2.45, 2.75) is 18.8 Å². The van der Waals surface area contributed by atoms with Crippen LogP contribution in [0.3, 0.4) is 0 Å². The van der Waals surface area contributed by atoms with Crippen LogP contribution in [0.2, 0.25) is 10.0 Å². The van der Waals surface area contributed by atoms with E-state index in [1.807, 2.05) is 77.4 Å². The first kappa shape index (κ1) is 39.8. The standard InChI is InChI=1S/C27H27Cl2N3O4.C16H17N3O2/c1-27(23-10-5-19(28)16-24(23)29)35-18-22(36-27)17-34-21-8-6-20(7-9-21)31-12-14-32(15-13-31)26(33)25-4-2-3-11-30-25;20-14-6-4-13(5-7-14)18-9-11-19(12-10-18)16(21)15-3-1-2-8-17-15/h2-11,16,22H,12-15,17-18H2,1H3;1-8,20H,9-12H2/t22-,27+;/m1./s1. The maximum Gasteiger partial charge on any atom is 0.272 e. The van der Waals surface area contributed by atoms with Crippen LogP contribution >= 0.6 is 23.2 Å². The number of hydrogen-bond donors (Lipinski definition) is 1. The highest BCUT2D eigenvalue weighted by Gasteiger charge is 2.40. The van der Waals surface area contributed by atoms with Gasteiger partial charge in [0, 0.05) is 86.7 Å². The molecule has 2 amide bonds. The van der Waals surface area contributed by atoms with E-state index in [-0.39, 0.29) is 23.7 Å². The average molecular weight is 812 g/mol. The Labute approximate surface area is 342 Å². The molecule has 3 fully saturated rings. The predicted octanol–water partition coefficient (Wildman–Crippen LogP) is 6.77. The first-order valence-electron chi connectivity index (χ1n) is 18.8. The first-order chi connectivity index (χ1) is 27.6. The summed E-state index contributed by atoms with van der Waals surface area (Å²) in [5.41, 5.74) is 3.88. The number of phenolic OH excluding ortho intramolecular Hbond substituents is 1. The van der Waals surface area contributed by atoms with E-state index in [4.69, 9.17) is 37.4 Å². The van der Waals surface area contributed by atoms with Crippen molar-refractivity contribution in [3.8, 4) is 11.5 Å². The van der Waals surface area contributed by atoms with E-state index >= 15 is 0 Å². The third-order valence-electron chi connectivity index (χ3n) is 10.1. The van der Waals surface area contributed by atoms with Gasteiger partial charge in [-0.05, 0) is 91.9 Å². The lowest BCUT2D eigenvalue weighted by molar-refractivity contribution is -0.164. The highest BCUT2D eigenvalue weighted by Crippen LogP contribution is 2.39. The van der Waals surface area contributed by atoms with Crippen molar-refractivity contribution in [2.24, 2.45) is 0 Å². The molecule has 0 radical (unpaired) electrons. The summed E-state index contributed by atoms with van der Waals surface area (Å²) in [6, 6.07) is 31.2. The SMILES string of the molecule is C[C@]1(c2ccc(Cl)cc2Cl)OC[C@@H](COc2ccc(N3CCN(C(=O)c4ccccn4)CC3)cc2)O1.O=C(c1ccccn1)N1CCN(c2ccc(O)cc2)CC1. The van der Waals surface area contributed by atoms with Crippen molar-refractivity contribution < 1.29 is 28.9 Å². The highest BCUT2D eigenvalue weighted by atomic mass is 35.5. The summed E-state index contributed by atoms with van der Waals surface area (Å²) in [6.07, 6.45) is 3.05. The molecule has 0 bridgehead atoms. The van der Waals surface area contributed by atoms with Crippen molar-refractivity contribution in [3.63, 3.8) is 0 Å². The van der Waals surface area contributed by atoms with Gasteiger partial charge >= 0.3 is 0 Å². The fraction of sp³-hybridized carbons (Fsp3) is 0.302. The molecule has 3 saturated heterocycles. The van der Waals surface area contributed by atoms with Crippen LogP contribution in [0.5, 0.6) is 11.5 Å². The Morgan fingerprint density at radius 3 is 1.75 bits per heavy atom. The first-order valence-corrected chi connectivity index (χ1v) is 19.6. The van der Waals surface area contributed by atoms with Crippen molar-refractivity contribution in [1.82, 2.24) is 19.8 Å². The monoisotopic (exact) mass is 810 g/mol. The maximum absolute atomic E-state index is 12.6. The van der Waals surface area contributed by atoms with Crippen LogP contribution < -0.4 is 14.5 Å². The Bertz CT molecular complexity index is 2100. The molecule has 57 heavy (non-hydrogen) atoms. The number of nitrogens with zero attached hydrogens (tertiary/aromatic N) is 6. The van der Waals surface area contributed by atoms with Gasteiger partial charge in [-0.1, -0.05) is 41.4 Å². The quantitative estimate of drug-likeness (QED) is 0.180. The van der Waals surface area contributed by atoms with Crippen molar-refractivity contribution in [1.29, 1.82) is 0 Å². The molecule has 1 N–H and O–H groups in total. The Morgan fingerprint density at radius 2 is 1.26 bits per heavy atom. The normalized spacial score (nSPS) is 19.5. The molecule has 296 valence electrons. The smallest absolute Gasteiger partial charge is 0.272 e. The second kappa shape index (κ2) is 18.2. The van der Waals surface area contributed by atoms with Crippen molar-refractivity contribution >= 4 is 46.4 Å². The Kier molecular flexibility index (Phi) is 12.7. The van der Waals surface area contributed by atoms with Crippen LogP contribution in [-0.4, -0.2) is 108 Å². The van der Waals surface area contributed by atoms with Crippen LogP contribution in [0.1, 0.15) is 33.5 Å². The van der Waals surface area contributed by atoms with Gasteiger partial charge in [0.25, 0.3) is 11.8 Å². The number of ether oxygens (including phenoxy) is 3. The largest absolute Gasteiger partial charge is 0.508 e. The second-order valence-electron chi connectivity index (χ2n) is 13.9. The van der Waals surface area contributed by atoms with Crippen LogP contribution in [0, 0.1) is 0 Å². The number of carbonyl (C=O) groups is 2. The number of piperazine rings is 2. The zero-order chi connectivity index (χ0) is 39.8. The number of pyridine rings is 2. The van der Waals surface area contributed by atoms with Crippen LogP contribution in [0.25, 0.3) is 0 Å². The molecule has 5 heterocycles. The molecular weight excluding hydrogens is 767 g/mol. The van der Waals surface area contributed by atoms with Gasteiger partial charge in [-0.3, -0.25) is 19.6 Å². The van der Waals surface area contributed by atoms with Crippen molar-refractivity contribution in [3.05, 3.63) is 143 Å². The molecule has 0 unspecified atom stereocenters. The molecule has 14 heteroatoms. The fourth-order valence-electron chi connectivity index (χ4n) is 6.96. The number of aromatic nitrogens is 2. The number of anilines is 2. The van der Waals surface area contributed by atoms with Crippen LogP contribution in [-0.2, 0) is 15.3 Å². The summed E-state index contributed by atoms with van der Waals surface area (Å²) >= 11 is 12.4. The van der Waals surface area contributed by atoms with Gasteiger partial charge in [-0.15, -0.1) is 0 Å². The number of aromatic hydroxyl groups is 1. The molecular formula is C43H44Cl2N6O6. The molecule has 3 aliphatic heterocycles. The number of amides is 2. The Balaban J connectivity index is 0.000000200. The van der Waals surface area contributed by atoms with Gasteiger partial charge in [0.15, 0.2) is 5.79 Å². The van der Waals surface area contributed by atoms with E-state index in [9.17, 15) is 14.7 Å². The molecule has 12 nitrogen and oxygen atoms in total. The van der Waals surface area contributed by atoms with Gasteiger partial charge in [0.05, 0.1) is 11.6 Å². The van der Waals surface area contributed by atoms with Gasteiger partial charge in [0.2, 0.25) is 0 Å². The molecule has 8 rings (SSSR count). The summed E-state index contributed by atoms with van der Waals surface area (Å²) in [6.45, 7) is 8.35. The summed E-state index contributed by atoms with van der Waals surface area (Å²) in [7, 11) is 0. The molecule has 2 atom stereocenters. The maximum atomic E-state index is 12.6. The lowest BCUT2D eigenvalue weighted by Crippen LogP contribution is -2.49. The lowest BCUT2D eigenvalue weighted by atomic mass is 10.1. The number of hydrogen-bond acceptors (Lipinski definition) is 10. The molecule has 0 saturated carbocycles. The minimum Gasteiger partial charge on any atom is -0.508 e. The summed E-state index contributed by atoms with van der Waals surface area (Å²) < 4.78 is 18.0. The van der Waals surface area contributed by atoms with Gasteiger partial charge in [-0.2, -0.15) is 0 Å². The van der Waals surface area contributed by atoms with Crippen LogP contribution in [0.15, 0.2) is 116 Å². The molecule has 2 aromatic heterocycles. The predicted molar refractivity (Wildman–Crippen MR) is 219 cm³/mol. The molecule has 5 aromatic rings. The van der Waals surface area contributed by atoms with E-state index in [1.165, 1.54) is 0 Å². The van der Waals surface area contributed by atoms with Gasteiger partial charge < -0.3 is 38.9 Å². The summed E-state index contributed by atoms with van der Waals surface area (Å²) in [4.78, 5) is 41.4. The topological polar surface area (TPSA) is 121 Å². The molecule has 3 aromatic carbocycles. The summed E-state index contributed by atoms with van der Waals surface area (Å²) in [5, 5.41) is 10.4. The molecule has 3 aliphatic rings. The van der Waals surface area contributed by atoms with E-state index in [2.05, 4.69) is 19.8 Å². The second-order valence-corrected chi connectivity index (χ2v) is 14.8. The Morgan fingerprint density at radius 1 is 0.737 bits per heavy atom. The lowest BCUT2D eigenvalue weighted by Gasteiger charge is -2.36. The third kappa shape index (κ3) is 9.95.